The molecule has 106 valence electrons. The summed E-state index contributed by atoms with van der Waals surface area (Å²) >= 11 is 0. The third-order valence-corrected chi connectivity index (χ3v) is 3.70. The van der Waals surface area contributed by atoms with Gasteiger partial charge in [-0.2, -0.15) is 0 Å². The summed E-state index contributed by atoms with van der Waals surface area (Å²) in [6.45, 7) is 2.85. The lowest BCUT2D eigenvalue weighted by Crippen LogP contribution is -2.40. The molecule has 3 rings (SSSR count). The van der Waals surface area contributed by atoms with Crippen LogP contribution < -0.4 is 5.32 Å². The highest BCUT2D eigenvalue weighted by atomic mass is 16.2. The van der Waals surface area contributed by atoms with Crippen LogP contribution in [0.5, 0.6) is 0 Å². The summed E-state index contributed by atoms with van der Waals surface area (Å²) in [5.41, 5.74) is 1.90. The van der Waals surface area contributed by atoms with Crippen molar-refractivity contribution >= 4 is 11.6 Å². The Balaban J connectivity index is 1.50. The number of pyridine rings is 1. The summed E-state index contributed by atoms with van der Waals surface area (Å²) in [5.74, 6) is 0.202. The minimum absolute atomic E-state index is 0.202. The van der Waals surface area contributed by atoms with Gasteiger partial charge in [-0.15, -0.1) is 0 Å². The topological polar surface area (TPSA) is 49.6 Å². The van der Waals surface area contributed by atoms with Crippen molar-refractivity contribution in [1.29, 1.82) is 0 Å². The number of piperidine rings is 1. The highest BCUT2D eigenvalue weighted by Gasteiger charge is 2.15. The third-order valence-electron chi connectivity index (χ3n) is 3.70. The van der Waals surface area contributed by atoms with Crippen LogP contribution in [-0.2, 0) is 11.3 Å². The lowest BCUT2D eigenvalue weighted by molar-refractivity contribution is -0.131. The molecule has 5 nitrogen and oxygen atoms in total. The molecule has 20 heavy (non-hydrogen) atoms. The predicted octanol–water partition coefficient (Wildman–Crippen LogP) is 1.44. The molecule has 1 saturated heterocycles. The number of imidazole rings is 1. The van der Waals surface area contributed by atoms with E-state index in [0.29, 0.717) is 13.1 Å². The number of hydrogen-bond donors (Lipinski definition) is 1. The number of fused-ring (bicyclic) bond motifs is 1. The van der Waals surface area contributed by atoms with E-state index in [1.54, 1.807) is 0 Å². The van der Waals surface area contributed by atoms with Crippen LogP contribution in [0.15, 0.2) is 30.6 Å². The van der Waals surface area contributed by atoms with Gasteiger partial charge in [0.25, 0.3) is 0 Å². The summed E-state index contributed by atoms with van der Waals surface area (Å²) in [5, 5.41) is 3.19. The standard InChI is InChI=1S/C15H20N4O/c20-15(18-7-3-1-4-8-18)11-16-10-13-12-19-9-5-2-6-14(19)17-13/h2,5-6,9,12,16H,1,3-4,7-8,10-11H2. The third kappa shape index (κ3) is 2.99. The predicted molar refractivity (Wildman–Crippen MR) is 77.3 cm³/mol. The lowest BCUT2D eigenvalue weighted by Gasteiger charge is -2.26. The number of nitrogens with one attached hydrogen (secondary N) is 1. The normalized spacial score (nSPS) is 15.7. The summed E-state index contributed by atoms with van der Waals surface area (Å²) < 4.78 is 1.99. The molecule has 0 atom stereocenters. The molecule has 5 heteroatoms. The Morgan fingerprint density at radius 1 is 1.25 bits per heavy atom. The second-order valence-corrected chi connectivity index (χ2v) is 5.24. The molecule has 0 aliphatic carbocycles. The van der Waals surface area contributed by atoms with Crippen LogP contribution in [-0.4, -0.2) is 39.8 Å². The molecule has 0 radical (unpaired) electrons. The number of hydrogen-bond acceptors (Lipinski definition) is 3. The quantitative estimate of drug-likeness (QED) is 0.916. The van der Waals surface area contributed by atoms with Crippen LogP contribution in [0.4, 0.5) is 0 Å². The van der Waals surface area contributed by atoms with Gasteiger partial charge in [-0.25, -0.2) is 4.98 Å². The van der Waals surface area contributed by atoms with Crippen LogP contribution in [0.2, 0.25) is 0 Å². The lowest BCUT2D eigenvalue weighted by atomic mass is 10.1. The minimum Gasteiger partial charge on any atom is -0.342 e. The van der Waals surface area contributed by atoms with Crippen molar-refractivity contribution in [1.82, 2.24) is 19.6 Å². The van der Waals surface area contributed by atoms with Gasteiger partial charge in [-0.3, -0.25) is 4.79 Å². The molecule has 0 spiro atoms. The van der Waals surface area contributed by atoms with Crippen LogP contribution in [0.25, 0.3) is 5.65 Å². The first-order chi connectivity index (χ1) is 9.83. The van der Waals surface area contributed by atoms with Gasteiger partial charge in [0, 0.05) is 32.0 Å². The van der Waals surface area contributed by atoms with Crippen LogP contribution in [0.3, 0.4) is 0 Å². The number of carbonyl (C=O) groups excluding carboxylic acids is 1. The van der Waals surface area contributed by atoms with Crippen LogP contribution in [0.1, 0.15) is 25.0 Å². The maximum Gasteiger partial charge on any atom is 0.236 e. The van der Waals surface area contributed by atoms with Crippen molar-refractivity contribution in [2.45, 2.75) is 25.8 Å². The average molecular weight is 272 g/mol. The molecular formula is C15H20N4O. The fourth-order valence-corrected chi connectivity index (χ4v) is 2.62. The van der Waals surface area contributed by atoms with Crippen molar-refractivity contribution in [2.24, 2.45) is 0 Å². The number of rotatable bonds is 4. The molecule has 2 aromatic rings. The molecule has 1 fully saturated rings. The SMILES string of the molecule is O=C(CNCc1cn2ccccc2n1)N1CCCCC1. The number of amides is 1. The maximum absolute atomic E-state index is 12.0. The summed E-state index contributed by atoms with van der Waals surface area (Å²) in [6, 6.07) is 5.92. The van der Waals surface area contributed by atoms with Crippen molar-refractivity contribution in [3.05, 3.63) is 36.3 Å². The first-order valence-corrected chi connectivity index (χ1v) is 7.24. The molecule has 3 heterocycles. The molecular weight excluding hydrogens is 252 g/mol. The molecule has 0 bridgehead atoms. The van der Waals surface area contributed by atoms with Crippen molar-refractivity contribution in [3.8, 4) is 0 Å². The van der Waals surface area contributed by atoms with E-state index >= 15 is 0 Å². The Kier molecular flexibility index (Phi) is 3.97. The van der Waals surface area contributed by atoms with Gasteiger partial charge in [-0.05, 0) is 31.4 Å². The fraction of sp³-hybridized carbons (Fsp3) is 0.467. The van der Waals surface area contributed by atoms with Gasteiger partial charge in [0.1, 0.15) is 5.65 Å². The average Bonchev–Trinajstić information content (AvgIpc) is 2.90. The molecule has 2 aromatic heterocycles. The Morgan fingerprint density at radius 2 is 2.10 bits per heavy atom. The zero-order chi connectivity index (χ0) is 13.8. The van der Waals surface area contributed by atoms with E-state index in [9.17, 15) is 4.79 Å². The van der Waals surface area contributed by atoms with E-state index in [1.807, 2.05) is 39.9 Å². The Bertz CT molecular complexity index is 553. The number of aromatic nitrogens is 2. The first kappa shape index (κ1) is 13.1. The molecule has 1 aliphatic heterocycles. The fourth-order valence-electron chi connectivity index (χ4n) is 2.62. The monoisotopic (exact) mass is 272 g/mol. The van der Waals surface area contributed by atoms with E-state index in [2.05, 4.69) is 10.3 Å². The van der Waals surface area contributed by atoms with Gasteiger partial charge in [0.2, 0.25) is 5.91 Å². The van der Waals surface area contributed by atoms with Gasteiger partial charge < -0.3 is 14.6 Å². The van der Waals surface area contributed by atoms with E-state index in [4.69, 9.17) is 0 Å². The molecule has 1 N–H and O–H groups in total. The van der Waals surface area contributed by atoms with E-state index in [-0.39, 0.29) is 5.91 Å². The molecule has 0 saturated carbocycles. The largest absolute Gasteiger partial charge is 0.342 e. The van der Waals surface area contributed by atoms with E-state index in [1.165, 1.54) is 6.42 Å². The van der Waals surface area contributed by atoms with Gasteiger partial charge >= 0.3 is 0 Å². The smallest absolute Gasteiger partial charge is 0.236 e. The Labute approximate surface area is 118 Å². The second-order valence-electron chi connectivity index (χ2n) is 5.24. The van der Waals surface area contributed by atoms with Crippen molar-refractivity contribution in [2.75, 3.05) is 19.6 Å². The van der Waals surface area contributed by atoms with Gasteiger partial charge in [0.15, 0.2) is 0 Å². The summed E-state index contributed by atoms with van der Waals surface area (Å²) in [7, 11) is 0. The van der Waals surface area contributed by atoms with Gasteiger partial charge in [-0.1, -0.05) is 6.07 Å². The van der Waals surface area contributed by atoms with Gasteiger partial charge in [0.05, 0.1) is 12.2 Å². The van der Waals surface area contributed by atoms with Crippen LogP contribution in [0, 0.1) is 0 Å². The highest BCUT2D eigenvalue weighted by Crippen LogP contribution is 2.08. The Morgan fingerprint density at radius 3 is 2.90 bits per heavy atom. The number of likely N-dealkylation sites (tertiary alicyclic amines) is 1. The maximum atomic E-state index is 12.0. The molecule has 1 amide bonds. The van der Waals surface area contributed by atoms with Crippen molar-refractivity contribution < 1.29 is 4.79 Å². The number of nitrogens with zero attached hydrogens (tertiary/aromatic N) is 3. The van der Waals surface area contributed by atoms with Crippen molar-refractivity contribution in [3.63, 3.8) is 0 Å². The minimum atomic E-state index is 0.202. The first-order valence-electron chi connectivity index (χ1n) is 7.24. The summed E-state index contributed by atoms with van der Waals surface area (Å²) in [6.07, 6.45) is 7.49. The highest BCUT2D eigenvalue weighted by molar-refractivity contribution is 5.78. The summed E-state index contributed by atoms with van der Waals surface area (Å²) in [4.78, 5) is 18.5. The molecule has 0 aromatic carbocycles. The zero-order valence-corrected chi connectivity index (χ0v) is 11.6. The molecule has 1 aliphatic rings. The number of carbonyl (C=O) groups is 1. The van der Waals surface area contributed by atoms with E-state index in [0.717, 1.165) is 37.3 Å². The zero-order valence-electron chi connectivity index (χ0n) is 11.6. The second kappa shape index (κ2) is 6.05. The Hall–Kier alpha value is -1.88. The van der Waals surface area contributed by atoms with Crippen LogP contribution >= 0.6 is 0 Å². The van der Waals surface area contributed by atoms with E-state index < -0.39 is 0 Å². The molecule has 0 unspecified atom stereocenters.